The van der Waals surface area contributed by atoms with Crippen molar-refractivity contribution in [2.75, 3.05) is 0 Å². The Morgan fingerprint density at radius 1 is 0.810 bits per heavy atom. The van der Waals surface area contributed by atoms with Crippen LogP contribution in [0.4, 0.5) is 0 Å². The van der Waals surface area contributed by atoms with Crippen molar-refractivity contribution < 1.29 is 52.3 Å². The fourth-order valence-corrected chi connectivity index (χ4v) is 5.42. The highest BCUT2D eigenvalue weighted by atomic mass is 16.7. The van der Waals surface area contributed by atoms with Crippen LogP contribution in [-0.4, -0.2) is 77.9 Å². The first-order chi connectivity index (χ1) is 19.9. The molecule has 1 aromatic rings. The van der Waals surface area contributed by atoms with Crippen LogP contribution >= 0.6 is 0 Å². The van der Waals surface area contributed by atoms with Crippen LogP contribution in [0.25, 0.3) is 0 Å². The average molecular weight is 591 g/mol. The van der Waals surface area contributed by atoms with Gasteiger partial charge in [-0.2, -0.15) is 5.26 Å². The van der Waals surface area contributed by atoms with Crippen molar-refractivity contribution in [1.82, 2.24) is 4.98 Å². The average Bonchev–Trinajstić information content (AvgIpc) is 2.92. The van der Waals surface area contributed by atoms with Gasteiger partial charge >= 0.3 is 23.9 Å². The zero-order valence-corrected chi connectivity index (χ0v) is 24.8. The number of ether oxygens (including phenoxy) is 7. The van der Waals surface area contributed by atoms with E-state index in [-0.39, 0.29) is 11.6 Å². The summed E-state index contributed by atoms with van der Waals surface area (Å²) in [7, 11) is 0. The van der Waals surface area contributed by atoms with Gasteiger partial charge in [-0.25, -0.2) is 0 Å². The third-order valence-corrected chi connectivity index (χ3v) is 7.15. The van der Waals surface area contributed by atoms with Crippen molar-refractivity contribution in [2.24, 2.45) is 5.92 Å². The summed E-state index contributed by atoms with van der Waals surface area (Å²) in [5.74, 6) is -2.94. The van der Waals surface area contributed by atoms with E-state index >= 15 is 0 Å². The quantitative estimate of drug-likeness (QED) is 0.304. The normalized spacial score (nSPS) is 32.6. The molecule has 42 heavy (non-hydrogen) atoms. The summed E-state index contributed by atoms with van der Waals surface area (Å²) in [6.07, 6.45) is -6.84. The van der Waals surface area contributed by atoms with Crippen LogP contribution in [0.5, 0.6) is 0 Å². The molecule has 3 heterocycles. The first-order valence-corrected chi connectivity index (χ1v) is 13.9. The minimum atomic E-state index is -1.27. The molecule has 0 unspecified atom stereocenters. The highest BCUT2D eigenvalue weighted by Crippen LogP contribution is 2.40. The third-order valence-electron chi connectivity index (χ3n) is 7.15. The first kappa shape index (κ1) is 32.9. The van der Waals surface area contributed by atoms with Gasteiger partial charge in [-0.3, -0.25) is 24.2 Å². The Morgan fingerprint density at radius 3 is 1.90 bits per heavy atom. The van der Waals surface area contributed by atoms with E-state index in [1.54, 1.807) is 0 Å². The summed E-state index contributed by atoms with van der Waals surface area (Å²) < 4.78 is 41.6. The van der Waals surface area contributed by atoms with E-state index < -0.39 is 79.0 Å². The number of pyridine rings is 1. The lowest BCUT2D eigenvalue weighted by Gasteiger charge is -2.49. The maximum atomic E-state index is 12.4. The van der Waals surface area contributed by atoms with E-state index in [9.17, 15) is 24.4 Å². The molecule has 0 aromatic carbocycles. The smallest absolute Gasteiger partial charge is 0.303 e. The summed E-state index contributed by atoms with van der Waals surface area (Å²) in [6.45, 7) is 10.4. The maximum absolute atomic E-state index is 12.4. The number of nitrogens with zero attached hydrogens (tertiary/aromatic N) is 2. The van der Waals surface area contributed by atoms with Crippen molar-refractivity contribution in [3.63, 3.8) is 0 Å². The molecule has 3 rings (SSSR count). The molecule has 10 atom stereocenters. The van der Waals surface area contributed by atoms with Crippen molar-refractivity contribution in [1.29, 1.82) is 5.26 Å². The Morgan fingerprint density at radius 2 is 1.36 bits per heavy atom. The topological polar surface area (TPSA) is 170 Å². The number of hydrogen-bond acceptors (Lipinski definition) is 13. The zero-order valence-electron chi connectivity index (χ0n) is 24.8. The molecule has 0 radical (unpaired) electrons. The molecule has 2 fully saturated rings. The van der Waals surface area contributed by atoms with Crippen LogP contribution in [0.3, 0.4) is 0 Å². The number of carbonyl (C=O) groups is 4. The van der Waals surface area contributed by atoms with Gasteiger partial charge in [-0.1, -0.05) is 20.8 Å². The van der Waals surface area contributed by atoms with Gasteiger partial charge in [0.25, 0.3) is 0 Å². The lowest BCUT2D eigenvalue weighted by molar-refractivity contribution is -0.335. The Bertz CT molecular complexity index is 1180. The number of aromatic nitrogens is 1. The van der Waals surface area contributed by atoms with E-state index in [0.29, 0.717) is 18.4 Å². The molecule has 0 amide bonds. The van der Waals surface area contributed by atoms with E-state index in [1.807, 2.05) is 26.8 Å². The second kappa shape index (κ2) is 14.5. The fraction of sp³-hybridized carbons (Fsp3) is 0.655. The molecular formula is C29H38N2O11. The highest BCUT2D eigenvalue weighted by Gasteiger charge is 2.55. The van der Waals surface area contributed by atoms with Gasteiger partial charge in [0.2, 0.25) is 0 Å². The Balaban J connectivity index is 2.08. The molecule has 2 aliphatic heterocycles. The number of nitriles is 1. The Kier molecular flexibility index (Phi) is 11.4. The van der Waals surface area contributed by atoms with Crippen molar-refractivity contribution >= 4 is 23.9 Å². The van der Waals surface area contributed by atoms with Crippen molar-refractivity contribution in [3.05, 3.63) is 29.6 Å². The van der Waals surface area contributed by atoms with Gasteiger partial charge in [0.1, 0.15) is 18.3 Å². The minimum absolute atomic E-state index is 0.288. The second-order valence-corrected chi connectivity index (χ2v) is 10.3. The summed E-state index contributed by atoms with van der Waals surface area (Å²) in [5.41, 5.74) is 0.590. The van der Waals surface area contributed by atoms with Gasteiger partial charge in [-0.15, -0.1) is 0 Å². The summed E-state index contributed by atoms with van der Waals surface area (Å²) in [5, 5.41) is 9.41. The molecule has 13 heteroatoms. The van der Waals surface area contributed by atoms with E-state index in [1.165, 1.54) is 46.0 Å². The lowest BCUT2D eigenvalue weighted by atomic mass is 9.88. The molecule has 0 spiro atoms. The first-order valence-electron chi connectivity index (χ1n) is 13.9. The molecule has 1 aromatic heterocycles. The molecule has 13 nitrogen and oxygen atoms in total. The third kappa shape index (κ3) is 7.81. The SMILES string of the molecule is CC[C@H]1O[C@H](O[C@H]2[C@H](OC(C)=O)[C@@H](OC(C)=O)[C@@H](c3cc(C#N)ccn3)O[C@@H]2CC)[C@H](OC(C)=O)[C@@H](OC(C)=O)[C@H]1C. The molecule has 2 saturated heterocycles. The predicted octanol–water partition coefficient (Wildman–Crippen LogP) is 2.69. The van der Waals surface area contributed by atoms with E-state index in [2.05, 4.69) is 4.98 Å². The fourth-order valence-electron chi connectivity index (χ4n) is 5.42. The summed E-state index contributed by atoms with van der Waals surface area (Å²) >= 11 is 0. The second-order valence-electron chi connectivity index (χ2n) is 10.3. The molecule has 0 saturated carbocycles. The molecule has 0 N–H and O–H groups in total. The van der Waals surface area contributed by atoms with Gasteiger partial charge in [0.15, 0.2) is 24.6 Å². The Hall–Kier alpha value is -3.60. The standard InChI is InChI=1S/C29H38N2O11/c1-8-21-14(3)23(36-15(4)32)28(39-18(7)35)29(41-21)42-25-22(9-2)40-24(20-12-19(13-30)10-11-31-20)26(37-16(5)33)27(25)38-17(6)34/h10-12,14,21-29H,8-9H2,1-7H3/t14-,21+,22+,23-,24+,25+,26-,27-,28+,29+/m0/s1. The van der Waals surface area contributed by atoms with Gasteiger partial charge in [0.05, 0.1) is 29.5 Å². The van der Waals surface area contributed by atoms with E-state index in [0.717, 1.165) is 0 Å². The summed E-state index contributed by atoms with van der Waals surface area (Å²) in [6, 6.07) is 5.05. The molecule has 0 aliphatic carbocycles. The van der Waals surface area contributed by atoms with Gasteiger partial charge in [0, 0.05) is 39.8 Å². The maximum Gasteiger partial charge on any atom is 0.303 e. The van der Waals surface area contributed by atoms with Crippen LogP contribution in [0, 0.1) is 17.2 Å². The predicted molar refractivity (Wildman–Crippen MR) is 142 cm³/mol. The minimum Gasteiger partial charge on any atom is -0.458 e. The van der Waals surface area contributed by atoms with Crippen LogP contribution in [0.1, 0.15) is 78.7 Å². The largest absolute Gasteiger partial charge is 0.458 e. The number of rotatable bonds is 9. The molecule has 230 valence electrons. The van der Waals surface area contributed by atoms with Crippen LogP contribution in [0.2, 0.25) is 0 Å². The van der Waals surface area contributed by atoms with Crippen LogP contribution in [-0.2, 0) is 52.3 Å². The zero-order chi connectivity index (χ0) is 31.1. The van der Waals surface area contributed by atoms with Gasteiger partial charge in [-0.05, 0) is 25.0 Å². The summed E-state index contributed by atoms with van der Waals surface area (Å²) in [4.78, 5) is 53.1. The van der Waals surface area contributed by atoms with Crippen molar-refractivity contribution in [3.8, 4) is 6.07 Å². The van der Waals surface area contributed by atoms with Gasteiger partial charge < -0.3 is 33.2 Å². The van der Waals surface area contributed by atoms with Crippen LogP contribution < -0.4 is 0 Å². The Labute approximate surface area is 244 Å². The van der Waals surface area contributed by atoms with E-state index in [4.69, 9.17) is 33.2 Å². The van der Waals surface area contributed by atoms with Crippen LogP contribution in [0.15, 0.2) is 18.3 Å². The number of esters is 4. The monoisotopic (exact) mass is 590 g/mol. The molecule has 2 aliphatic rings. The molecular weight excluding hydrogens is 552 g/mol. The number of hydrogen-bond donors (Lipinski definition) is 0. The number of carbonyl (C=O) groups excluding carboxylic acids is 4. The molecule has 0 bridgehead atoms. The van der Waals surface area contributed by atoms with Crippen molar-refractivity contribution in [2.45, 2.75) is 116 Å². The lowest BCUT2D eigenvalue weighted by Crippen LogP contribution is -2.63. The highest BCUT2D eigenvalue weighted by molar-refractivity contribution is 5.68.